The Labute approximate surface area is 304 Å². The molecule has 48 heavy (non-hydrogen) atoms. The molecule has 0 radical (unpaired) electrons. The van der Waals surface area contributed by atoms with Gasteiger partial charge in [-0.1, -0.05) is 135 Å². The van der Waals surface area contributed by atoms with E-state index in [4.69, 9.17) is 0 Å². The second-order valence-electron chi connectivity index (χ2n) is 13.6. The Bertz CT molecular complexity index is 1200. The molecule has 0 unspecified atom stereocenters. The Morgan fingerprint density at radius 2 is 0.917 bits per heavy atom. The summed E-state index contributed by atoms with van der Waals surface area (Å²) >= 11 is 1.82. The van der Waals surface area contributed by atoms with Gasteiger partial charge < -0.3 is 5.53 Å². The van der Waals surface area contributed by atoms with Crippen LogP contribution in [0.2, 0.25) is 10.8 Å². The fraction of sp³-hybridized carbons (Fsp3) is 0.644. The predicted octanol–water partition coefficient (Wildman–Crippen LogP) is 15.4. The van der Waals surface area contributed by atoms with Crippen molar-refractivity contribution in [3.8, 4) is 0 Å². The second kappa shape index (κ2) is 26.8. The van der Waals surface area contributed by atoms with Gasteiger partial charge in [0.1, 0.15) is 0 Å². The predicted molar refractivity (Wildman–Crippen MR) is 209 cm³/mol. The van der Waals surface area contributed by atoms with E-state index in [-0.39, 0.29) is 0 Å². The number of rotatable bonds is 25. The summed E-state index contributed by atoms with van der Waals surface area (Å²) in [4.78, 5) is 0. The number of hydrogen-bond acceptors (Lipinski definition) is 0. The molecule has 0 spiro atoms. The van der Waals surface area contributed by atoms with Crippen LogP contribution in [0.1, 0.15) is 186 Å². The van der Waals surface area contributed by atoms with E-state index in [1.807, 2.05) is 14.4 Å². The van der Waals surface area contributed by atoms with Crippen LogP contribution < -0.4 is 0 Å². The van der Waals surface area contributed by atoms with Gasteiger partial charge in [-0.15, -0.1) is 0 Å². The molecule has 0 amide bonds. The van der Waals surface area contributed by atoms with Gasteiger partial charge in [-0.2, -0.15) is 0 Å². The summed E-state index contributed by atoms with van der Waals surface area (Å²) in [6, 6.07) is 18.1. The average Bonchev–Trinajstić information content (AvgIpc) is 3.38. The summed E-state index contributed by atoms with van der Waals surface area (Å²) in [7, 11) is 0. The van der Waals surface area contributed by atoms with Crippen molar-refractivity contribution in [2.45, 2.75) is 187 Å². The summed E-state index contributed by atoms with van der Waals surface area (Å²) in [5.41, 5.74) is 21.8. The molecular weight excluding hydrogens is 627 g/mol. The van der Waals surface area contributed by atoms with Crippen LogP contribution in [-0.2, 0) is 27.3 Å². The van der Waals surface area contributed by atoms with Crippen molar-refractivity contribution >= 4 is 11.4 Å². The molecule has 0 aromatic heterocycles. The fourth-order valence-electron chi connectivity index (χ4n) is 6.75. The van der Waals surface area contributed by atoms with Crippen LogP contribution in [0.4, 0.5) is 0 Å². The molecule has 2 nitrogen and oxygen atoms in total. The summed E-state index contributed by atoms with van der Waals surface area (Å²) in [6.45, 7) is 13.5. The van der Waals surface area contributed by atoms with E-state index in [0.717, 1.165) is 68.3 Å². The average molecular weight is 700 g/mol. The Morgan fingerprint density at radius 3 is 1.42 bits per heavy atom. The molecule has 272 valence electrons. The van der Waals surface area contributed by atoms with Crippen LogP contribution in [0.15, 0.2) is 59.7 Å². The summed E-state index contributed by atoms with van der Waals surface area (Å²) in [5, 5.41) is 2.56. The van der Waals surface area contributed by atoms with Crippen molar-refractivity contribution < 1.29 is 19.1 Å². The summed E-state index contributed by atoms with van der Waals surface area (Å²) < 4.78 is 1.56. The first-order chi connectivity index (χ1) is 23.6. The van der Waals surface area contributed by atoms with Gasteiger partial charge in [0.05, 0.1) is 0 Å². The molecule has 1 heterocycles. The molecule has 0 atom stereocenters. The Balaban J connectivity index is 0.00000149. The SMILES string of the molecule is CCCCCCCCCCCc1cccc(C2=C(CCCC)C(CCCC)=C(c3ccc(CCCCCC)cc3)[N+]2=[N-])c1.C[CH2][Ni][CH2]C. The first kappa shape index (κ1) is 42.2. The standard InChI is InChI=1S/C41H62N2.2C2H5.Ni/c1-5-9-13-15-16-17-18-19-21-24-35-25-22-26-37(33-35)41-39(28-12-8-4)38(27-11-7-3)40(43(41)42)36-31-29-34(30-32-36)23-20-14-10-6-2;2*1-2;/h22,25-26,29-33H,5-21,23-24,27-28H2,1-4H3;2*1H2,2H3;. The van der Waals surface area contributed by atoms with Gasteiger partial charge in [-0.05, 0) is 86.8 Å². The number of nitrogens with zero attached hydrogens (tertiary/aromatic N) is 2. The molecule has 3 rings (SSSR count). The van der Waals surface area contributed by atoms with E-state index >= 15 is 0 Å². The molecule has 1 aliphatic heterocycles. The Morgan fingerprint density at radius 1 is 0.458 bits per heavy atom. The van der Waals surface area contributed by atoms with Gasteiger partial charge in [0.2, 0.25) is 11.4 Å². The number of hydrogen-bond donors (Lipinski definition) is 0. The number of aryl methyl sites for hydroxylation is 2. The number of benzene rings is 2. The van der Waals surface area contributed by atoms with Crippen LogP contribution in [0, 0.1) is 0 Å². The molecular formula is C45H72N2Ni. The Hall–Kier alpha value is -1.99. The minimum absolute atomic E-state index is 1.01. The van der Waals surface area contributed by atoms with Crippen molar-refractivity contribution in [1.29, 1.82) is 0 Å². The molecule has 0 fully saturated rings. The maximum atomic E-state index is 11.9. The topological polar surface area (TPSA) is 25.3 Å². The zero-order valence-electron chi connectivity index (χ0n) is 32.1. The van der Waals surface area contributed by atoms with Crippen LogP contribution in [0.25, 0.3) is 16.9 Å². The molecule has 0 bridgehead atoms. The van der Waals surface area contributed by atoms with E-state index in [2.05, 4.69) is 90.1 Å². The molecule has 0 N–H and O–H groups in total. The summed E-state index contributed by atoms with van der Waals surface area (Å²) in [5.74, 6) is 0. The fourth-order valence-corrected chi connectivity index (χ4v) is 7.24. The second-order valence-corrected chi connectivity index (χ2v) is 15.5. The third-order valence-electron chi connectivity index (χ3n) is 9.55. The molecule has 2 aromatic rings. The van der Waals surface area contributed by atoms with E-state index in [9.17, 15) is 5.53 Å². The normalized spacial score (nSPS) is 13.1. The minimum atomic E-state index is 1.01. The zero-order chi connectivity index (χ0) is 34.8. The molecule has 3 heteroatoms. The molecule has 1 aliphatic rings. The third kappa shape index (κ3) is 15.3. The van der Waals surface area contributed by atoms with Crippen molar-refractivity contribution in [3.05, 3.63) is 87.5 Å². The van der Waals surface area contributed by atoms with Gasteiger partial charge in [0, 0.05) is 22.3 Å². The van der Waals surface area contributed by atoms with Crippen LogP contribution in [-0.4, -0.2) is 4.70 Å². The zero-order valence-corrected chi connectivity index (χ0v) is 33.1. The van der Waals surface area contributed by atoms with E-state index in [1.165, 1.54) is 122 Å². The van der Waals surface area contributed by atoms with Crippen LogP contribution in [0.5, 0.6) is 0 Å². The Kier molecular flexibility index (Phi) is 23.6. The van der Waals surface area contributed by atoms with Gasteiger partial charge in [-0.25, -0.2) is 4.70 Å². The number of unbranched alkanes of at least 4 members (excludes halogenated alkanes) is 13. The maximum absolute atomic E-state index is 11.9. The van der Waals surface area contributed by atoms with Crippen molar-refractivity contribution in [1.82, 2.24) is 0 Å². The first-order valence-electron chi connectivity index (χ1n) is 20.1. The van der Waals surface area contributed by atoms with E-state index in [0.29, 0.717) is 0 Å². The quantitative estimate of drug-likeness (QED) is 0.0560. The van der Waals surface area contributed by atoms with Gasteiger partial charge in [0.25, 0.3) is 0 Å². The molecule has 0 saturated heterocycles. The summed E-state index contributed by atoms with van der Waals surface area (Å²) in [6.07, 6.45) is 26.3. The van der Waals surface area contributed by atoms with Crippen molar-refractivity contribution in [2.75, 3.05) is 0 Å². The number of allylic oxidation sites excluding steroid dienone is 2. The van der Waals surface area contributed by atoms with Gasteiger partial charge >= 0.3 is 39.1 Å². The molecule has 0 aliphatic carbocycles. The van der Waals surface area contributed by atoms with Gasteiger partial charge in [-0.3, -0.25) is 0 Å². The van der Waals surface area contributed by atoms with Crippen molar-refractivity contribution in [2.24, 2.45) is 0 Å². The van der Waals surface area contributed by atoms with E-state index in [1.54, 1.807) is 4.70 Å². The van der Waals surface area contributed by atoms with E-state index < -0.39 is 0 Å². The van der Waals surface area contributed by atoms with Gasteiger partial charge in [0.15, 0.2) is 0 Å². The van der Waals surface area contributed by atoms with Crippen molar-refractivity contribution in [3.63, 3.8) is 0 Å². The van der Waals surface area contributed by atoms with Crippen LogP contribution in [0.3, 0.4) is 0 Å². The molecule has 2 aromatic carbocycles. The monoisotopic (exact) mass is 699 g/mol. The first-order valence-corrected chi connectivity index (χ1v) is 21.5. The third-order valence-corrected chi connectivity index (χ3v) is 10.5. The molecule has 0 saturated carbocycles. The van der Waals surface area contributed by atoms with Crippen LogP contribution >= 0.6 is 0 Å².